The van der Waals surface area contributed by atoms with E-state index in [0.29, 0.717) is 30.6 Å². The summed E-state index contributed by atoms with van der Waals surface area (Å²) in [4.78, 5) is 105. The Morgan fingerprint density at radius 2 is 1.45 bits per heavy atom. The summed E-state index contributed by atoms with van der Waals surface area (Å²) in [5.74, 6) is -4.35. The number of rotatable bonds is 14. The SMILES string of the molecule is CC[C@H](C)[C@@H]1NC(=O)[C@@H](NC(=O)OC(C)(C)C)[C@@H](C)OC(=O)[C@H](Cc2ccc(OC)cc2)N(C)C(=O)C2CCCN2C(=O)[C@H](CC(C)C)NC(=O)[C@H](C(C)C)OC(=O)C[C@@H]1O[Si](C(C)C)(C(C)C)C(C)C. The predicted molar refractivity (Wildman–Crippen MR) is 275 cm³/mol. The lowest BCUT2D eigenvalue weighted by Crippen LogP contribution is -2.61. The molecule has 2 saturated heterocycles. The Morgan fingerprint density at radius 1 is 0.859 bits per heavy atom. The summed E-state index contributed by atoms with van der Waals surface area (Å²) >= 11 is 0. The molecule has 0 bridgehead atoms. The number of methoxy groups -OCH3 is 1. The summed E-state index contributed by atoms with van der Waals surface area (Å²) in [5.41, 5.74) is -0.116. The molecule has 0 aliphatic carbocycles. The predicted octanol–water partition coefficient (Wildman–Crippen LogP) is 7.47. The van der Waals surface area contributed by atoms with Crippen LogP contribution in [0, 0.1) is 17.8 Å². The zero-order valence-corrected chi connectivity index (χ0v) is 47.1. The van der Waals surface area contributed by atoms with Crippen molar-refractivity contribution < 1.29 is 56.9 Å². The second-order valence-electron chi connectivity index (χ2n) is 22.4. The number of nitrogens with zero attached hydrogens (tertiary/aromatic N) is 2. The summed E-state index contributed by atoms with van der Waals surface area (Å²) < 4.78 is 30.7. The first-order valence-electron chi connectivity index (χ1n) is 25.9. The number of hydrogen-bond donors (Lipinski definition) is 3. The molecule has 2 fully saturated rings. The molecule has 17 nitrogen and oxygen atoms in total. The number of carbonyl (C=O) groups is 7. The fourth-order valence-electron chi connectivity index (χ4n) is 10.2. The molecule has 402 valence electrons. The van der Waals surface area contributed by atoms with Gasteiger partial charge in [0.05, 0.1) is 25.7 Å². The smallest absolute Gasteiger partial charge is 0.408 e. The van der Waals surface area contributed by atoms with Gasteiger partial charge in [-0.3, -0.25) is 24.0 Å². The number of benzene rings is 1. The molecule has 9 atom stereocenters. The van der Waals surface area contributed by atoms with Gasteiger partial charge >= 0.3 is 18.0 Å². The number of fused-ring (bicyclic) bond motifs is 1. The molecule has 0 spiro atoms. The molecular formula is C53H89N5O12Si. The Kier molecular flexibility index (Phi) is 22.4. The molecular weight excluding hydrogens is 927 g/mol. The topological polar surface area (TPSA) is 208 Å². The van der Waals surface area contributed by atoms with E-state index in [1.807, 2.05) is 27.7 Å². The summed E-state index contributed by atoms with van der Waals surface area (Å²) in [5, 5.41) is 8.70. The van der Waals surface area contributed by atoms with Crippen molar-refractivity contribution >= 4 is 50.0 Å². The van der Waals surface area contributed by atoms with Gasteiger partial charge in [0, 0.05) is 20.0 Å². The van der Waals surface area contributed by atoms with Crippen molar-refractivity contribution in [2.24, 2.45) is 17.8 Å². The van der Waals surface area contributed by atoms with Crippen molar-refractivity contribution in [3.05, 3.63) is 29.8 Å². The Labute approximate surface area is 425 Å². The maximum absolute atomic E-state index is 15.1. The van der Waals surface area contributed by atoms with Gasteiger partial charge < -0.3 is 49.1 Å². The first-order valence-corrected chi connectivity index (χ1v) is 28.0. The highest BCUT2D eigenvalue weighted by Crippen LogP contribution is 2.44. The lowest BCUT2D eigenvalue weighted by atomic mass is 9.92. The Hall–Kier alpha value is -4.71. The highest BCUT2D eigenvalue weighted by atomic mass is 28.4. The van der Waals surface area contributed by atoms with Crippen LogP contribution in [0.15, 0.2) is 24.3 Å². The van der Waals surface area contributed by atoms with Crippen LogP contribution in [0.3, 0.4) is 0 Å². The summed E-state index contributed by atoms with van der Waals surface area (Å²) in [6, 6.07) is 1.23. The van der Waals surface area contributed by atoms with Gasteiger partial charge in [0.25, 0.3) is 5.91 Å². The van der Waals surface area contributed by atoms with Gasteiger partial charge in [-0.1, -0.05) is 102 Å². The minimum absolute atomic E-state index is 0.0201. The number of likely N-dealkylation sites (N-methyl/N-ethyl adjacent to an activating group) is 1. The van der Waals surface area contributed by atoms with E-state index in [4.69, 9.17) is 23.4 Å². The second-order valence-corrected chi connectivity index (χ2v) is 27.8. The molecule has 2 aliphatic rings. The number of amides is 5. The third-order valence-electron chi connectivity index (χ3n) is 14.1. The van der Waals surface area contributed by atoms with Crippen LogP contribution >= 0.6 is 0 Å². The molecule has 2 heterocycles. The van der Waals surface area contributed by atoms with Crippen molar-refractivity contribution in [2.45, 2.75) is 220 Å². The number of nitrogens with one attached hydrogen (secondary N) is 3. The number of esters is 2. The molecule has 0 radical (unpaired) electrons. The van der Waals surface area contributed by atoms with Crippen LogP contribution in [0.1, 0.15) is 148 Å². The third-order valence-corrected chi connectivity index (χ3v) is 20.2. The highest BCUT2D eigenvalue weighted by molar-refractivity contribution is 6.77. The first kappa shape index (κ1) is 60.6. The molecule has 3 N–H and O–H groups in total. The van der Waals surface area contributed by atoms with Crippen molar-refractivity contribution in [3.8, 4) is 5.75 Å². The van der Waals surface area contributed by atoms with Gasteiger partial charge in [0.15, 0.2) is 6.10 Å². The molecule has 5 amide bonds. The van der Waals surface area contributed by atoms with Crippen LogP contribution in [-0.4, -0.2) is 135 Å². The van der Waals surface area contributed by atoms with E-state index in [2.05, 4.69) is 57.5 Å². The fraction of sp³-hybridized carbons (Fsp3) is 0.755. The van der Waals surface area contributed by atoms with Crippen LogP contribution in [0.4, 0.5) is 4.79 Å². The van der Waals surface area contributed by atoms with Gasteiger partial charge in [-0.25, -0.2) is 9.59 Å². The maximum Gasteiger partial charge on any atom is 0.408 e. The Balaban J connectivity index is 2.37. The number of carbonyl (C=O) groups excluding carboxylic acids is 7. The van der Waals surface area contributed by atoms with E-state index in [-0.39, 0.29) is 54.3 Å². The van der Waals surface area contributed by atoms with E-state index in [1.165, 1.54) is 30.9 Å². The van der Waals surface area contributed by atoms with Crippen molar-refractivity contribution in [3.63, 3.8) is 0 Å². The summed E-state index contributed by atoms with van der Waals surface area (Å²) in [6.07, 6.45) is -3.43. The molecule has 18 heteroatoms. The van der Waals surface area contributed by atoms with Gasteiger partial charge in [0.1, 0.15) is 41.6 Å². The quantitative estimate of drug-likeness (QED) is 0.0942. The molecule has 1 aromatic carbocycles. The molecule has 1 aromatic rings. The van der Waals surface area contributed by atoms with E-state index in [9.17, 15) is 28.8 Å². The largest absolute Gasteiger partial charge is 0.497 e. The zero-order chi connectivity index (χ0) is 53.9. The number of ether oxygens (including phenoxy) is 4. The average Bonchev–Trinajstić information content (AvgIpc) is 3.77. The monoisotopic (exact) mass is 1020 g/mol. The van der Waals surface area contributed by atoms with Gasteiger partial charge in [-0.15, -0.1) is 0 Å². The zero-order valence-electron chi connectivity index (χ0n) is 46.1. The normalized spacial score (nSPS) is 25.7. The minimum atomic E-state index is -2.84. The highest BCUT2D eigenvalue weighted by Gasteiger charge is 2.50. The van der Waals surface area contributed by atoms with Crippen LogP contribution in [0.5, 0.6) is 5.75 Å². The van der Waals surface area contributed by atoms with Crippen molar-refractivity contribution in [2.75, 3.05) is 20.7 Å². The molecule has 71 heavy (non-hydrogen) atoms. The molecule has 0 saturated carbocycles. The van der Waals surface area contributed by atoms with E-state index in [0.717, 1.165) is 0 Å². The van der Waals surface area contributed by atoms with E-state index in [1.54, 1.807) is 58.9 Å². The minimum Gasteiger partial charge on any atom is -0.497 e. The first-order chi connectivity index (χ1) is 33.0. The molecule has 1 unspecified atom stereocenters. The Morgan fingerprint density at radius 3 is 1.96 bits per heavy atom. The fourth-order valence-corrected chi connectivity index (χ4v) is 15.8. The summed E-state index contributed by atoms with van der Waals surface area (Å²) in [7, 11) is 0.167. The lowest BCUT2D eigenvalue weighted by Gasteiger charge is -2.47. The average molecular weight is 1020 g/mol. The number of hydrogen-bond acceptors (Lipinski definition) is 12. The number of cyclic esters (lactones) is 2. The van der Waals surface area contributed by atoms with E-state index >= 15 is 4.79 Å². The standard InChI is InChI=1S/C53H89N5O12Si/c1-19-35(12)44-42(70-71(32(6)7,33(8)9)34(10)11)29-43(59)68-46(31(4)5)48(61)54-39(27-30(2)3)49(62)58-26-20-21-40(58)50(63)57(17)41(28-37-22-24-38(66-18)25-23-37)51(64)67-36(13)45(47(60)55-44)56-52(65)69-53(14,15)16/h22-25,30-36,39-42,44-46H,19-21,26-29H2,1-18H3,(H,54,61)(H,55,60)(H,56,65)/t35-,36+,39-,40?,41-,42-,44-,45-,46-/m0/s1. The molecule has 2 aliphatic heterocycles. The summed E-state index contributed by atoms with van der Waals surface area (Å²) in [6.45, 7) is 30.6. The lowest BCUT2D eigenvalue weighted by molar-refractivity contribution is -0.162. The van der Waals surface area contributed by atoms with Crippen molar-refractivity contribution in [1.29, 1.82) is 0 Å². The van der Waals surface area contributed by atoms with Gasteiger partial charge in [-0.2, -0.15) is 0 Å². The third kappa shape index (κ3) is 16.1. The van der Waals surface area contributed by atoms with Crippen molar-refractivity contribution in [1.82, 2.24) is 25.8 Å². The van der Waals surface area contributed by atoms with Gasteiger partial charge in [-0.05, 0) is 99.0 Å². The van der Waals surface area contributed by atoms with Crippen LogP contribution in [0.25, 0.3) is 0 Å². The van der Waals surface area contributed by atoms with Crippen LogP contribution in [-0.2, 0) is 53.8 Å². The molecule has 0 aromatic heterocycles. The van der Waals surface area contributed by atoms with Crippen LogP contribution < -0.4 is 20.7 Å². The molecule has 3 rings (SSSR count). The maximum atomic E-state index is 15.1. The van der Waals surface area contributed by atoms with Crippen LogP contribution in [0.2, 0.25) is 16.6 Å². The number of alkyl carbamates (subject to hydrolysis) is 1. The second kappa shape index (κ2) is 26.3. The van der Waals surface area contributed by atoms with Gasteiger partial charge in [0.2, 0.25) is 26.0 Å². The van der Waals surface area contributed by atoms with E-state index < -0.39 is 110 Å². The Bertz CT molecular complexity index is 1950.